The SMILES string of the molecule is CN(C)C(CNS(=O)(=O)c1ccc(F)cc1)c1ccsc1. The molecular formula is C14H17FN2O2S2. The van der Waals surface area contributed by atoms with Crippen LogP contribution in [0.5, 0.6) is 0 Å². The van der Waals surface area contributed by atoms with Crippen molar-refractivity contribution in [1.82, 2.24) is 9.62 Å². The molecule has 1 N–H and O–H groups in total. The number of likely N-dealkylation sites (N-methyl/N-ethyl adjacent to an activating group) is 1. The lowest BCUT2D eigenvalue weighted by molar-refractivity contribution is 0.300. The molecule has 0 saturated heterocycles. The van der Waals surface area contributed by atoms with Crippen molar-refractivity contribution in [1.29, 1.82) is 0 Å². The Labute approximate surface area is 128 Å². The number of nitrogens with one attached hydrogen (secondary N) is 1. The summed E-state index contributed by atoms with van der Waals surface area (Å²) in [7, 11) is 0.158. The van der Waals surface area contributed by atoms with Gasteiger partial charge in [0.25, 0.3) is 0 Å². The van der Waals surface area contributed by atoms with Crippen LogP contribution < -0.4 is 4.72 Å². The summed E-state index contributed by atoms with van der Waals surface area (Å²) in [6, 6.07) is 6.71. The highest BCUT2D eigenvalue weighted by Crippen LogP contribution is 2.21. The summed E-state index contributed by atoms with van der Waals surface area (Å²) in [5, 5.41) is 3.96. The van der Waals surface area contributed by atoms with Gasteiger partial charge in [-0.25, -0.2) is 17.5 Å². The van der Waals surface area contributed by atoms with E-state index < -0.39 is 15.8 Å². The molecule has 1 aromatic heterocycles. The fourth-order valence-electron chi connectivity index (χ4n) is 1.95. The fourth-order valence-corrected chi connectivity index (χ4v) is 3.69. The molecule has 1 aromatic carbocycles. The molecule has 1 atom stereocenters. The van der Waals surface area contributed by atoms with E-state index >= 15 is 0 Å². The third-order valence-corrected chi connectivity index (χ3v) is 5.28. The first-order chi connectivity index (χ1) is 9.90. The number of hydrogen-bond donors (Lipinski definition) is 1. The van der Waals surface area contributed by atoms with E-state index in [9.17, 15) is 12.8 Å². The third kappa shape index (κ3) is 4.10. The zero-order chi connectivity index (χ0) is 15.5. The van der Waals surface area contributed by atoms with Crippen molar-refractivity contribution in [3.05, 3.63) is 52.5 Å². The van der Waals surface area contributed by atoms with Crippen molar-refractivity contribution in [3.8, 4) is 0 Å². The third-order valence-electron chi connectivity index (χ3n) is 3.14. The lowest BCUT2D eigenvalue weighted by atomic mass is 10.1. The summed E-state index contributed by atoms with van der Waals surface area (Å²) in [4.78, 5) is 2.02. The molecule has 114 valence electrons. The van der Waals surface area contributed by atoms with Crippen LogP contribution in [-0.2, 0) is 10.0 Å². The minimum absolute atomic E-state index is 0.0496. The number of halogens is 1. The topological polar surface area (TPSA) is 49.4 Å². The Kier molecular flexibility index (Phi) is 5.10. The fraction of sp³-hybridized carbons (Fsp3) is 0.286. The van der Waals surface area contributed by atoms with Crippen molar-refractivity contribution >= 4 is 21.4 Å². The van der Waals surface area contributed by atoms with Crippen molar-refractivity contribution in [2.75, 3.05) is 20.6 Å². The van der Waals surface area contributed by atoms with Gasteiger partial charge >= 0.3 is 0 Å². The highest BCUT2D eigenvalue weighted by atomic mass is 32.2. The first-order valence-electron chi connectivity index (χ1n) is 6.34. The van der Waals surface area contributed by atoms with Gasteiger partial charge in [0.15, 0.2) is 0 Å². The molecule has 2 rings (SSSR count). The van der Waals surface area contributed by atoms with Crippen molar-refractivity contribution in [2.45, 2.75) is 10.9 Å². The van der Waals surface area contributed by atoms with Crippen LogP contribution in [0.15, 0.2) is 46.0 Å². The summed E-state index contributed by atoms with van der Waals surface area (Å²) in [6.45, 7) is 0.253. The largest absolute Gasteiger partial charge is 0.301 e. The molecule has 21 heavy (non-hydrogen) atoms. The molecular weight excluding hydrogens is 311 g/mol. The average Bonchev–Trinajstić information content (AvgIpc) is 2.93. The minimum Gasteiger partial charge on any atom is -0.301 e. The van der Waals surface area contributed by atoms with Gasteiger partial charge < -0.3 is 4.90 Å². The maximum absolute atomic E-state index is 12.9. The van der Waals surface area contributed by atoms with E-state index in [4.69, 9.17) is 0 Å². The normalized spacial score (nSPS) is 13.5. The maximum Gasteiger partial charge on any atom is 0.240 e. The summed E-state index contributed by atoms with van der Waals surface area (Å²) < 4.78 is 39.8. The van der Waals surface area contributed by atoms with E-state index in [2.05, 4.69) is 4.72 Å². The van der Waals surface area contributed by atoms with Crippen molar-refractivity contribution in [2.24, 2.45) is 0 Å². The Hall–Kier alpha value is -1.28. The Morgan fingerprint density at radius 1 is 1.24 bits per heavy atom. The molecule has 4 nitrogen and oxygen atoms in total. The van der Waals surface area contributed by atoms with E-state index in [0.29, 0.717) is 0 Å². The summed E-state index contributed by atoms with van der Waals surface area (Å²) in [6.07, 6.45) is 0. The van der Waals surface area contributed by atoms with Gasteiger partial charge in [-0.3, -0.25) is 0 Å². The molecule has 0 amide bonds. The predicted octanol–water partition coefficient (Wildman–Crippen LogP) is 2.47. The van der Waals surface area contributed by atoms with Crippen LogP contribution in [-0.4, -0.2) is 34.0 Å². The first-order valence-corrected chi connectivity index (χ1v) is 8.76. The van der Waals surface area contributed by atoms with E-state index in [0.717, 1.165) is 17.7 Å². The van der Waals surface area contributed by atoms with Gasteiger partial charge in [-0.2, -0.15) is 11.3 Å². The van der Waals surface area contributed by atoms with Crippen LogP contribution in [0, 0.1) is 5.82 Å². The van der Waals surface area contributed by atoms with Gasteiger partial charge in [-0.05, 0) is 60.8 Å². The van der Waals surface area contributed by atoms with Gasteiger partial charge in [-0.1, -0.05) is 0 Å². The minimum atomic E-state index is -3.64. The summed E-state index contributed by atoms with van der Waals surface area (Å²) in [5.41, 5.74) is 1.06. The van der Waals surface area contributed by atoms with Gasteiger partial charge in [0, 0.05) is 12.6 Å². The summed E-state index contributed by atoms with van der Waals surface area (Å²) >= 11 is 1.57. The number of hydrogen-bond acceptors (Lipinski definition) is 4. The lowest BCUT2D eigenvalue weighted by Crippen LogP contribution is -2.34. The number of rotatable bonds is 6. The predicted molar refractivity (Wildman–Crippen MR) is 82.3 cm³/mol. The molecule has 2 aromatic rings. The van der Waals surface area contributed by atoms with Gasteiger partial charge in [0.1, 0.15) is 5.82 Å². The number of thiophene rings is 1. The molecule has 0 spiro atoms. The Balaban J connectivity index is 2.11. The van der Waals surface area contributed by atoms with Gasteiger partial charge in [-0.15, -0.1) is 0 Å². The highest BCUT2D eigenvalue weighted by molar-refractivity contribution is 7.89. The average molecular weight is 328 g/mol. The Morgan fingerprint density at radius 2 is 1.90 bits per heavy atom. The van der Waals surface area contributed by atoms with Gasteiger partial charge in [0.05, 0.1) is 4.90 Å². The monoisotopic (exact) mass is 328 g/mol. The second-order valence-electron chi connectivity index (χ2n) is 4.84. The van der Waals surface area contributed by atoms with Crippen molar-refractivity contribution in [3.63, 3.8) is 0 Å². The molecule has 0 fully saturated rings. The molecule has 1 unspecified atom stereocenters. The number of nitrogens with zero attached hydrogens (tertiary/aromatic N) is 1. The zero-order valence-corrected chi connectivity index (χ0v) is 13.4. The standard InChI is InChI=1S/C14H17FN2O2S2/c1-17(2)14(11-7-8-20-10-11)9-16-21(18,19)13-5-3-12(15)4-6-13/h3-8,10,14,16H,9H2,1-2H3. The van der Waals surface area contributed by atoms with E-state index in [1.54, 1.807) is 11.3 Å². The quantitative estimate of drug-likeness (QED) is 0.886. The van der Waals surface area contributed by atoms with E-state index in [-0.39, 0.29) is 17.5 Å². The molecule has 0 aliphatic carbocycles. The molecule has 0 saturated carbocycles. The Morgan fingerprint density at radius 3 is 2.43 bits per heavy atom. The molecule has 0 bridgehead atoms. The zero-order valence-electron chi connectivity index (χ0n) is 11.8. The number of benzene rings is 1. The molecule has 0 aliphatic rings. The van der Waals surface area contributed by atoms with Crippen molar-refractivity contribution < 1.29 is 12.8 Å². The smallest absolute Gasteiger partial charge is 0.240 e. The van der Waals surface area contributed by atoms with Crippen LogP contribution >= 0.6 is 11.3 Å². The van der Waals surface area contributed by atoms with Crippen LogP contribution in [0.3, 0.4) is 0 Å². The second kappa shape index (κ2) is 6.65. The number of sulfonamides is 1. The first kappa shape index (κ1) is 16.1. The molecule has 7 heteroatoms. The summed E-state index contributed by atoms with van der Waals surface area (Å²) in [5.74, 6) is -0.460. The van der Waals surface area contributed by atoms with Gasteiger partial charge in [0.2, 0.25) is 10.0 Å². The maximum atomic E-state index is 12.9. The second-order valence-corrected chi connectivity index (χ2v) is 7.39. The Bertz CT molecular complexity index is 668. The van der Waals surface area contributed by atoms with E-state index in [1.165, 1.54) is 12.1 Å². The highest BCUT2D eigenvalue weighted by Gasteiger charge is 2.19. The lowest BCUT2D eigenvalue weighted by Gasteiger charge is -2.24. The van der Waals surface area contributed by atoms with Crippen LogP contribution in [0.2, 0.25) is 0 Å². The molecule has 0 radical (unpaired) electrons. The van der Waals surface area contributed by atoms with Crippen LogP contribution in [0.1, 0.15) is 11.6 Å². The molecule has 1 heterocycles. The van der Waals surface area contributed by atoms with Crippen LogP contribution in [0.4, 0.5) is 4.39 Å². The molecule has 0 aliphatic heterocycles. The van der Waals surface area contributed by atoms with E-state index in [1.807, 2.05) is 35.8 Å². The van der Waals surface area contributed by atoms with Crippen LogP contribution in [0.25, 0.3) is 0 Å².